The van der Waals surface area contributed by atoms with Gasteiger partial charge in [-0.2, -0.15) is 0 Å². The van der Waals surface area contributed by atoms with Crippen molar-refractivity contribution in [2.24, 2.45) is 4.99 Å². The van der Waals surface area contributed by atoms with Crippen LogP contribution in [0.4, 0.5) is 0 Å². The highest BCUT2D eigenvalue weighted by atomic mass is 32.1. The fourth-order valence-electron chi connectivity index (χ4n) is 3.56. The fraction of sp³-hybridized carbons (Fsp3) is 0.240. The molecule has 2 aromatic heterocycles. The summed E-state index contributed by atoms with van der Waals surface area (Å²) in [4.78, 5) is 32.5. The number of rotatable bonds is 9. The minimum Gasteiger partial charge on any atom is -0.490 e. The van der Waals surface area contributed by atoms with E-state index >= 15 is 0 Å². The Labute approximate surface area is 204 Å². The molecule has 0 unspecified atom stereocenters. The molecular weight excluding hydrogens is 472 g/mol. The van der Waals surface area contributed by atoms with Crippen molar-refractivity contribution in [1.29, 1.82) is 0 Å². The van der Waals surface area contributed by atoms with Crippen LogP contribution in [0.5, 0.6) is 5.75 Å². The fourth-order valence-corrected chi connectivity index (χ4v) is 5.43. The monoisotopic (exact) mass is 496 g/mol. The average Bonchev–Trinajstić information content (AvgIpc) is 3.46. The normalized spacial score (nSPS) is 15.6. The second kappa shape index (κ2) is 10.8. The highest BCUT2D eigenvalue weighted by molar-refractivity contribution is 7.10. The van der Waals surface area contributed by atoms with Crippen LogP contribution in [0.25, 0.3) is 6.08 Å². The maximum Gasteiger partial charge on any atom is 0.338 e. The summed E-state index contributed by atoms with van der Waals surface area (Å²) in [6.07, 6.45) is 3.50. The van der Waals surface area contributed by atoms with E-state index in [9.17, 15) is 9.59 Å². The maximum atomic E-state index is 13.5. The lowest BCUT2D eigenvalue weighted by Crippen LogP contribution is -2.39. The van der Waals surface area contributed by atoms with Crippen molar-refractivity contribution in [3.63, 3.8) is 0 Å². The SMILES string of the molecule is C=CCOc1ccc(/C=c2/sc3n(c2=O)[C@@H](c2cccs2)C(C(=O)OCCOC)=C(C)N=3)cc1. The Hall–Kier alpha value is -3.27. The lowest BCUT2D eigenvalue weighted by Gasteiger charge is -2.23. The smallest absolute Gasteiger partial charge is 0.338 e. The lowest BCUT2D eigenvalue weighted by molar-refractivity contribution is -0.140. The Morgan fingerprint density at radius 2 is 2.03 bits per heavy atom. The molecule has 176 valence electrons. The molecule has 0 N–H and O–H groups in total. The van der Waals surface area contributed by atoms with Crippen LogP contribution in [-0.2, 0) is 14.3 Å². The molecule has 0 saturated carbocycles. The quantitative estimate of drug-likeness (QED) is 0.259. The van der Waals surface area contributed by atoms with Crippen LogP contribution in [0.15, 0.2) is 75.5 Å². The molecule has 0 amide bonds. The van der Waals surface area contributed by atoms with Gasteiger partial charge in [-0.15, -0.1) is 11.3 Å². The van der Waals surface area contributed by atoms with Crippen LogP contribution >= 0.6 is 22.7 Å². The van der Waals surface area contributed by atoms with E-state index in [4.69, 9.17) is 14.2 Å². The van der Waals surface area contributed by atoms with E-state index in [-0.39, 0.29) is 12.2 Å². The van der Waals surface area contributed by atoms with Crippen LogP contribution in [0, 0.1) is 0 Å². The molecule has 0 spiro atoms. The number of fused-ring (bicyclic) bond motifs is 1. The number of methoxy groups -OCH3 is 1. The van der Waals surface area contributed by atoms with Gasteiger partial charge in [-0.25, -0.2) is 9.79 Å². The zero-order valence-electron chi connectivity index (χ0n) is 18.9. The standard InChI is InChI=1S/C25H24N2O5S2/c1-4-11-31-18-9-7-17(8-10-18)15-20-23(28)27-22(19-6-5-14-33-19)21(16(2)26-25(27)34-20)24(29)32-13-12-30-3/h4-10,14-15,22H,1,11-13H2,2-3H3/b20-15+/t22-/m0/s1. The first-order valence-electron chi connectivity index (χ1n) is 10.6. The molecule has 1 aliphatic heterocycles. The van der Waals surface area contributed by atoms with Crippen molar-refractivity contribution >= 4 is 34.7 Å². The highest BCUT2D eigenvalue weighted by Gasteiger charge is 2.34. The van der Waals surface area contributed by atoms with Gasteiger partial charge < -0.3 is 14.2 Å². The summed E-state index contributed by atoms with van der Waals surface area (Å²) >= 11 is 2.78. The molecule has 7 nitrogen and oxygen atoms in total. The molecule has 9 heteroatoms. The molecule has 3 aromatic rings. The Morgan fingerprint density at radius 1 is 1.24 bits per heavy atom. The van der Waals surface area contributed by atoms with E-state index < -0.39 is 12.0 Å². The number of esters is 1. The first kappa shape index (κ1) is 23.9. The van der Waals surface area contributed by atoms with Gasteiger partial charge in [0.25, 0.3) is 5.56 Å². The molecule has 0 aliphatic carbocycles. The van der Waals surface area contributed by atoms with Gasteiger partial charge in [-0.1, -0.05) is 42.2 Å². The predicted octanol–water partition coefficient (Wildman–Crippen LogP) is 3.05. The van der Waals surface area contributed by atoms with Crippen molar-refractivity contribution in [2.45, 2.75) is 13.0 Å². The minimum atomic E-state index is -0.594. The topological polar surface area (TPSA) is 79.1 Å². The van der Waals surface area contributed by atoms with Gasteiger partial charge in [0.05, 0.1) is 22.4 Å². The Kier molecular flexibility index (Phi) is 7.56. The van der Waals surface area contributed by atoms with Gasteiger partial charge in [-0.05, 0) is 42.1 Å². The molecular formula is C25H24N2O5S2. The summed E-state index contributed by atoms with van der Waals surface area (Å²) < 4.78 is 18.0. The number of thiazole rings is 1. The number of carbonyl (C=O) groups excluding carboxylic acids is 1. The van der Waals surface area contributed by atoms with Gasteiger partial charge in [0.2, 0.25) is 0 Å². The second-order valence-electron chi connectivity index (χ2n) is 7.39. The van der Waals surface area contributed by atoms with Crippen LogP contribution in [0.2, 0.25) is 0 Å². The Morgan fingerprint density at radius 3 is 2.71 bits per heavy atom. The van der Waals surface area contributed by atoms with Crippen molar-refractivity contribution in [3.05, 3.63) is 95.8 Å². The molecule has 3 heterocycles. The molecule has 0 radical (unpaired) electrons. The van der Waals surface area contributed by atoms with Crippen molar-refractivity contribution in [2.75, 3.05) is 26.9 Å². The number of hydrogen-bond acceptors (Lipinski definition) is 8. The molecule has 1 aromatic carbocycles. The summed E-state index contributed by atoms with van der Waals surface area (Å²) in [5.74, 6) is 0.226. The van der Waals surface area contributed by atoms with Gasteiger partial charge in [0, 0.05) is 12.0 Å². The molecule has 1 atom stereocenters. The molecule has 0 bridgehead atoms. The van der Waals surface area contributed by atoms with E-state index in [0.29, 0.717) is 33.8 Å². The van der Waals surface area contributed by atoms with Crippen LogP contribution in [0.1, 0.15) is 23.4 Å². The average molecular weight is 497 g/mol. The molecule has 0 fully saturated rings. The number of benzene rings is 1. The first-order valence-corrected chi connectivity index (χ1v) is 12.3. The van der Waals surface area contributed by atoms with Crippen LogP contribution in [-0.4, -0.2) is 37.5 Å². The van der Waals surface area contributed by atoms with Crippen molar-refractivity contribution in [3.8, 4) is 5.75 Å². The number of allylic oxidation sites excluding steroid dienone is 1. The predicted molar refractivity (Wildman–Crippen MR) is 133 cm³/mol. The van der Waals surface area contributed by atoms with Gasteiger partial charge in [0.1, 0.15) is 25.0 Å². The summed E-state index contributed by atoms with van der Waals surface area (Å²) in [5, 5.41) is 1.92. The number of hydrogen-bond donors (Lipinski definition) is 0. The van der Waals surface area contributed by atoms with Crippen LogP contribution in [0.3, 0.4) is 0 Å². The summed E-state index contributed by atoms with van der Waals surface area (Å²) in [5.41, 5.74) is 1.56. The highest BCUT2D eigenvalue weighted by Crippen LogP contribution is 2.33. The van der Waals surface area contributed by atoms with Gasteiger partial charge in [0.15, 0.2) is 4.80 Å². The van der Waals surface area contributed by atoms with Gasteiger partial charge >= 0.3 is 5.97 Å². The number of thiophene rings is 1. The Bertz CT molecular complexity index is 1380. The van der Waals surface area contributed by atoms with E-state index in [1.165, 1.54) is 22.7 Å². The summed E-state index contributed by atoms with van der Waals surface area (Å²) in [7, 11) is 1.54. The molecule has 34 heavy (non-hydrogen) atoms. The third kappa shape index (κ3) is 4.96. The summed E-state index contributed by atoms with van der Waals surface area (Å²) in [6.45, 7) is 6.26. The summed E-state index contributed by atoms with van der Waals surface area (Å²) in [6, 6.07) is 10.7. The largest absolute Gasteiger partial charge is 0.490 e. The Balaban J connectivity index is 1.76. The minimum absolute atomic E-state index is 0.125. The molecule has 4 rings (SSSR count). The maximum absolute atomic E-state index is 13.5. The van der Waals surface area contributed by atoms with Gasteiger partial charge in [-0.3, -0.25) is 9.36 Å². The third-order valence-electron chi connectivity index (χ3n) is 5.12. The van der Waals surface area contributed by atoms with Crippen molar-refractivity contribution < 1.29 is 19.0 Å². The number of nitrogens with zero attached hydrogens (tertiary/aromatic N) is 2. The number of carbonyl (C=O) groups is 1. The molecule has 1 aliphatic rings. The van der Waals surface area contributed by atoms with Crippen molar-refractivity contribution in [1.82, 2.24) is 4.57 Å². The zero-order valence-corrected chi connectivity index (χ0v) is 20.5. The van der Waals surface area contributed by atoms with E-state index in [1.54, 1.807) is 24.7 Å². The van der Waals surface area contributed by atoms with E-state index in [2.05, 4.69) is 11.6 Å². The lowest BCUT2D eigenvalue weighted by atomic mass is 10.0. The molecule has 0 saturated heterocycles. The third-order valence-corrected chi connectivity index (χ3v) is 7.03. The number of aromatic nitrogens is 1. The zero-order chi connectivity index (χ0) is 24.1. The van der Waals surface area contributed by atoms with E-state index in [0.717, 1.165) is 16.2 Å². The number of ether oxygens (including phenoxy) is 3. The van der Waals surface area contributed by atoms with E-state index in [1.807, 2.05) is 47.9 Å². The first-order chi connectivity index (χ1) is 16.5. The second-order valence-corrected chi connectivity index (χ2v) is 9.38. The van der Waals surface area contributed by atoms with Crippen LogP contribution < -0.4 is 19.6 Å².